The lowest BCUT2D eigenvalue weighted by atomic mass is 9.92. The molecule has 1 aromatic rings. The van der Waals surface area contributed by atoms with Gasteiger partial charge in [-0.25, -0.2) is 4.39 Å². The van der Waals surface area contributed by atoms with Gasteiger partial charge in [0.2, 0.25) is 0 Å². The largest absolute Gasteiger partial charge is 0.391 e. The molecule has 2 N–H and O–H groups in total. The molecule has 2 atom stereocenters. The minimum atomic E-state index is -0.283. The van der Waals surface area contributed by atoms with E-state index in [1.165, 1.54) is 12.1 Å². The molecule has 2 rings (SSSR count). The normalized spacial score (nSPS) is 25.4. The monoisotopic (exact) mass is 335 g/mol. The Kier molecular flexibility index (Phi) is 4.02. The van der Waals surface area contributed by atoms with Crippen LogP contribution in [0.25, 0.3) is 0 Å². The van der Waals surface area contributed by atoms with E-state index in [4.69, 9.17) is 0 Å². The maximum atomic E-state index is 12.9. The molecule has 0 aromatic heterocycles. The highest BCUT2D eigenvalue weighted by atomic mass is 127. The molecule has 16 heavy (non-hydrogen) atoms. The summed E-state index contributed by atoms with van der Waals surface area (Å²) in [6.07, 6.45) is 3.80. The van der Waals surface area contributed by atoms with Gasteiger partial charge in [-0.15, -0.1) is 0 Å². The Labute approximate surface area is 108 Å². The molecule has 2 nitrogen and oxygen atoms in total. The second-order valence-electron chi connectivity index (χ2n) is 4.23. The Balaban J connectivity index is 2.07. The van der Waals surface area contributed by atoms with Crippen LogP contribution in [0.2, 0.25) is 0 Å². The summed E-state index contributed by atoms with van der Waals surface area (Å²) in [5.41, 5.74) is 0.910. The van der Waals surface area contributed by atoms with Crippen LogP contribution in [0.4, 0.5) is 10.1 Å². The van der Waals surface area contributed by atoms with Gasteiger partial charge in [0, 0.05) is 9.26 Å². The van der Waals surface area contributed by atoms with Gasteiger partial charge in [0.15, 0.2) is 0 Å². The van der Waals surface area contributed by atoms with Crippen molar-refractivity contribution in [1.29, 1.82) is 0 Å². The standard InChI is InChI=1S/C12H15FINO/c13-8-5-6-10(9(14)7-8)15-11-3-1-2-4-12(11)16/h5-7,11-12,15-16H,1-4H2. The fourth-order valence-corrected chi connectivity index (χ4v) is 2.72. The van der Waals surface area contributed by atoms with Crippen LogP contribution in [0, 0.1) is 9.39 Å². The number of rotatable bonds is 2. The third-order valence-electron chi connectivity index (χ3n) is 3.00. The average Bonchev–Trinajstić information content (AvgIpc) is 2.25. The van der Waals surface area contributed by atoms with Crippen LogP contribution in [-0.2, 0) is 0 Å². The summed E-state index contributed by atoms with van der Waals surface area (Å²) in [5.74, 6) is -0.223. The molecule has 1 saturated carbocycles. The van der Waals surface area contributed by atoms with E-state index < -0.39 is 0 Å². The van der Waals surface area contributed by atoms with E-state index in [1.807, 2.05) is 0 Å². The molecule has 88 valence electrons. The molecule has 1 aromatic carbocycles. The summed E-state index contributed by atoms with van der Waals surface area (Å²) in [6, 6.07) is 4.78. The van der Waals surface area contributed by atoms with Gasteiger partial charge in [0.1, 0.15) is 5.82 Å². The fourth-order valence-electron chi connectivity index (χ4n) is 2.09. The zero-order valence-electron chi connectivity index (χ0n) is 8.92. The first-order valence-corrected chi connectivity index (χ1v) is 6.64. The molecular weight excluding hydrogens is 320 g/mol. The molecule has 4 heteroatoms. The summed E-state index contributed by atoms with van der Waals surface area (Å²) in [4.78, 5) is 0. The van der Waals surface area contributed by atoms with Crippen molar-refractivity contribution in [3.8, 4) is 0 Å². The first-order chi connectivity index (χ1) is 7.66. The Morgan fingerprint density at radius 1 is 1.31 bits per heavy atom. The van der Waals surface area contributed by atoms with Gasteiger partial charge < -0.3 is 10.4 Å². The van der Waals surface area contributed by atoms with Gasteiger partial charge >= 0.3 is 0 Å². The molecule has 0 saturated heterocycles. The van der Waals surface area contributed by atoms with Crippen molar-refractivity contribution in [2.45, 2.75) is 37.8 Å². The lowest BCUT2D eigenvalue weighted by Gasteiger charge is -2.29. The van der Waals surface area contributed by atoms with Crippen LogP contribution in [0.3, 0.4) is 0 Å². The highest BCUT2D eigenvalue weighted by Crippen LogP contribution is 2.25. The molecule has 1 aliphatic carbocycles. The predicted octanol–water partition coefficient (Wildman–Crippen LogP) is 3.15. The first-order valence-electron chi connectivity index (χ1n) is 5.56. The topological polar surface area (TPSA) is 32.3 Å². The van der Waals surface area contributed by atoms with Crippen molar-refractivity contribution in [3.05, 3.63) is 27.6 Å². The van der Waals surface area contributed by atoms with Crippen molar-refractivity contribution >= 4 is 28.3 Å². The van der Waals surface area contributed by atoms with Crippen molar-refractivity contribution in [2.24, 2.45) is 0 Å². The molecule has 0 radical (unpaired) electrons. The smallest absolute Gasteiger partial charge is 0.124 e. The van der Waals surface area contributed by atoms with E-state index in [1.54, 1.807) is 6.07 Å². The number of aliphatic hydroxyl groups is 1. The number of hydrogen-bond acceptors (Lipinski definition) is 2. The molecule has 0 spiro atoms. The van der Waals surface area contributed by atoms with E-state index in [2.05, 4.69) is 27.9 Å². The Bertz CT molecular complexity index is 372. The highest BCUT2D eigenvalue weighted by molar-refractivity contribution is 14.1. The van der Waals surface area contributed by atoms with Crippen molar-refractivity contribution in [3.63, 3.8) is 0 Å². The van der Waals surface area contributed by atoms with Crippen LogP contribution in [0.15, 0.2) is 18.2 Å². The second-order valence-corrected chi connectivity index (χ2v) is 5.39. The summed E-state index contributed by atoms with van der Waals surface area (Å²) in [5, 5.41) is 13.1. The van der Waals surface area contributed by atoms with Crippen LogP contribution >= 0.6 is 22.6 Å². The summed E-state index contributed by atoms with van der Waals surface area (Å²) in [6.45, 7) is 0. The first kappa shape index (κ1) is 12.1. The van der Waals surface area contributed by atoms with Crippen LogP contribution in [0.5, 0.6) is 0 Å². The van der Waals surface area contributed by atoms with E-state index in [0.717, 1.165) is 34.9 Å². The van der Waals surface area contributed by atoms with Gasteiger partial charge in [-0.1, -0.05) is 12.8 Å². The summed E-state index contributed by atoms with van der Waals surface area (Å²) < 4.78 is 13.8. The van der Waals surface area contributed by atoms with E-state index in [-0.39, 0.29) is 18.0 Å². The van der Waals surface area contributed by atoms with Crippen molar-refractivity contribution < 1.29 is 9.50 Å². The zero-order valence-corrected chi connectivity index (χ0v) is 11.1. The molecular formula is C12H15FINO. The number of nitrogens with one attached hydrogen (secondary N) is 1. The quantitative estimate of drug-likeness (QED) is 0.814. The van der Waals surface area contributed by atoms with Gasteiger partial charge in [0.25, 0.3) is 0 Å². The maximum Gasteiger partial charge on any atom is 0.124 e. The number of aliphatic hydroxyl groups excluding tert-OH is 1. The van der Waals surface area contributed by atoms with E-state index in [0.29, 0.717) is 0 Å². The third kappa shape index (κ3) is 2.85. The highest BCUT2D eigenvalue weighted by Gasteiger charge is 2.23. The Hall–Kier alpha value is -0.360. The minimum absolute atomic E-state index is 0.104. The van der Waals surface area contributed by atoms with E-state index >= 15 is 0 Å². The molecule has 1 aliphatic rings. The number of benzene rings is 1. The zero-order chi connectivity index (χ0) is 11.5. The molecule has 0 heterocycles. The van der Waals surface area contributed by atoms with Gasteiger partial charge in [0.05, 0.1) is 12.1 Å². The lowest BCUT2D eigenvalue weighted by Crippen LogP contribution is -2.36. The van der Waals surface area contributed by atoms with Gasteiger partial charge in [-0.2, -0.15) is 0 Å². The van der Waals surface area contributed by atoms with Crippen LogP contribution in [-0.4, -0.2) is 17.3 Å². The minimum Gasteiger partial charge on any atom is -0.391 e. The molecule has 1 fully saturated rings. The molecule has 0 bridgehead atoms. The molecule has 0 aliphatic heterocycles. The fraction of sp³-hybridized carbons (Fsp3) is 0.500. The lowest BCUT2D eigenvalue weighted by molar-refractivity contribution is 0.116. The summed E-state index contributed by atoms with van der Waals surface area (Å²) >= 11 is 2.11. The molecule has 2 unspecified atom stereocenters. The Morgan fingerprint density at radius 2 is 2.06 bits per heavy atom. The number of anilines is 1. The number of halogens is 2. The van der Waals surface area contributed by atoms with Crippen LogP contribution < -0.4 is 5.32 Å². The van der Waals surface area contributed by atoms with E-state index in [9.17, 15) is 9.50 Å². The third-order valence-corrected chi connectivity index (χ3v) is 3.89. The van der Waals surface area contributed by atoms with Gasteiger partial charge in [-0.3, -0.25) is 0 Å². The van der Waals surface area contributed by atoms with Crippen molar-refractivity contribution in [2.75, 3.05) is 5.32 Å². The Morgan fingerprint density at radius 3 is 2.75 bits per heavy atom. The van der Waals surface area contributed by atoms with Crippen molar-refractivity contribution in [1.82, 2.24) is 0 Å². The van der Waals surface area contributed by atoms with Crippen LogP contribution in [0.1, 0.15) is 25.7 Å². The SMILES string of the molecule is OC1CCCCC1Nc1ccc(F)cc1I. The number of hydrogen-bond donors (Lipinski definition) is 2. The molecule has 0 amide bonds. The average molecular weight is 335 g/mol. The second kappa shape index (κ2) is 5.31. The predicted molar refractivity (Wildman–Crippen MR) is 71.0 cm³/mol. The summed E-state index contributed by atoms with van der Waals surface area (Å²) in [7, 11) is 0. The van der Waals surface area contributed by atoms with Gasteiger partial charge in [-0.05, 0) is 53.6 Å². The maximum absolute atomic E-state index is 12.9.